The van der Waals surface area contributed by atoms with E-state index in [2.05, 4.69) is 15.2 Å². The summed E-state index contributed by atoms with van der Waals surface area (Å²) < 4.78 is 13.2. The molecule has 2 fully saturated rings. The van der Waals surface area contributed by atoms with Gasteiger partial charge in [-0.15, -0.1) is 0 Å². The van der Waals surface area contributed by atoms with Gasteiger partial charge in [0.25, 0.3) is 0 Å². The van der Waals surface area contributed by atoms with Gasteiger partial charge in [0, 0.05) is 24.8 Å². The fourth-order valence-electron chi connectivity index (χ4n) is 3.49. The number of likely N-dealkylation sites (tertiary alicyclic amines) is 1. The molecule has 0 bridgehead atoms. The Balaban J connectivity index is 1.69. The van der Waals surface area contributed by atoms with Crippen LogP contribution in [0.4, 0.5) is 4.39 Å². The molecule has 0 spiro atoms. The Morgan fingerprint density at radius 1 is 1.26 bits per heavy atom. The number of pyridine rings is 1. The maximum Gasteiger partial charge on any atom is 0.141 e. The maximum absolute atomic E-state index is 13.2. The summed E-state index contributed by atoms with van der Waals surface area (Å²) >= 11 is 0. The molecule has 3 heterocycles. The van der Waals surface area contributed by atoms with E-state index in [9.17, 15) is 4.39 Å². The van der Waals surface area contributed by atoms with E-state index in [1.807, 2.05) is 0 Å². The largest absolute Gasteiger partial charge is 0.312 e. The summed E-state index contributed by atoms with van der Waals surface area (Å²) in [5.74, 6) is -0.231. The van der Waals surface area contributed by atoms with E-state index in [0.29, 0.717) is 12.1 Å². The van der Waals surface area contributed by atoms with Crippen molar-refractivity contribution in [2.24, 2.45) is 0 Å². The molecule has 1 N–H and O–H groups in total. The fraction of sp³-hybridized carbons (Fsp3) is 0.667. The summed E-state index contributed by atoms with van der Waals surface area (Å²) in [6.45, 7) is 3.10. The molecule has 0 radical (unpaired) electrons. The van der Waals surface area contributed by atoms with Crippen molar-refractivity contribution in [3.63, 3.8) is 0 Å². The van der Waals surface area contributed by atoms with Crippen molar-refractivity contribution >= 4 is 0 Å². The van der Waals surface area contributed by atoms with Crippen LogP contribution >= 0.6 is 0 Å². The van der Waals surface area contributed by atoms with Gasteiger partial charge in [0.05, 0.1) is 6.20 Å². The van der Waals surface area contributed by atoms with Gasteiger partial charge < -0.3 is 5.32 Å². The lowest BCUT2D eigenvalue weighted by atomic mass is 9.94. The van der Waals surface area contributed by atoms with Crippen LogP contribution in [0.25, 0.3) is 0 Å². The smallest absolute Gasteiger partial charge is 0.141 e. The molecule has 3 nitrogen and oxygen atoms in total. The van der Waals surface area contributed by atoms with Gasteiger partial charge in [0.15, 0.2) is 0 Å². The van der Waals surface area contributed by atoms with E-state index < -0.39 is 0 Å². The Hall–Kier alpha value is -1.00. The van der Waals surface area contributed by atoms with Gasteiger partial charge in [-0.25, -0.2) is 4.39 Å². The molecule has 0 aliphatic carbocycles. The zero-order valence-corrected chi connectivity index (χ0v) is 11.3. The van der Waals surface area contributed by atoms with Crippen molar-refractivity contribution < 1.29 is 4.39 Å². The van der Waals surface area contributed by atoms with Gasteiger partial charge in [-0.3, -0.25) is 9.88 Å². The van der Waals surface area contributed by atoms with Crippen LogP contribution in [0.5, 0.6) is 0 Å². The van der Waals surface area contributed by atoms with Crippen LogP contribution in [0.1, 0.15) is 37.7 Å². The first-order chi connectivity index (χ1) is 9.33. The van der Waals surface area contributed by atoms with E-state index >= 15 is 0 Å². The average molecular weight is 263 g/mol. The molecule has 2 aliphatic rings. The number of halogens is 1. The van der Waals surface area contributed by atoms with Gasteiger partial charge in [0.1, 0.15) is 5.82 Å². The van der Waals surface area contributed by atoms with Crippen molar-refractivity contribution in [3.8, 4) is 0 Å². The van der Waals surface area contributed by atoms with E-state index in [-0.39, 0.29) is 5.82 Å². The number of aromatic nitrogens is 1. The van der Waals surface area contributed by atoms with Crippen molar-refractivity contribution in [2.75, 3.05) is 13.1 Å². The number of nitrogens with zero attached hydrogens (tertiary/aromatic N) is 2. The second kappa shape index (κ2) is 5.97. The third kappa shape index (κ3) is 3.12. The molecule has 19 heavy (non-hydrogen) atoms. The third-order valence-corrected chi connectivity index (χ3v) is 4.37. The molecule has 104 valence electrons. The normalized spacial score (nSPS) is 28.7. The van der Waals surface area contributed by atoms with E-state index in [0.717, 1.165) is 25.2 Å². The molecule has 2 aliphatic heterocycles. The highest BCUT2D eigenvalue weighted by Crippen LogP contribution is 2.25. The first-order valence-corrected chi connectivity index (χ1v) is 7.40. The molecule has 0 aromatic carbocycles. The first-order valence-electron chi connectivity index (χ1n) is 7.40. The molecule has 1 aromatic rings. The Bertz CT molecular complexity index is 418. The molecular formula is C15H22FN3. The van der Waals surface area contributed by atoms with Crippen LogP contribution in [-0.2, 0) is 6.54 Å². The number of nitrogens with one attached hydrogen (secondary N) is 1. The summed E-state index contributed by atoms with van der Waals surface area (Å²) in [6.07, 6.45) is 9.47. The van der Waals surface area contributed by atoms with Gasteiger partial charge in [-0.05, 0) is 50.4 Å². The van der Waals surface area contributed by atoms with Crippen molar-refractivity contribution in [1.29, 1.82) is 0 Å². The van der Waals surface area contributed by atoms with E-state index in [1.54, 1.807) is 12.3 Å². The maximum atomic E-state index is 13.2. The predicted octanol–water partition coefficient (Wildman–Crippen LogP) is 2.33. The molecule has 4 heteroatoms. The van der Waals surface area contributed by atoms with Crippen LogP contribution in [0.3, 0.4) is 0 Å². The Kier molecular flexibility index (Phi) is 4.09. The number of hydrogen-bond donors (Lipinski definition) is 1. The first kappa shape index (κ1) is 13.0. The minimum atomic E-state index is -0.231. The molecule has 0 amide bonds. The van der Waals surface area contributed by atoms with Gasteiger partial charge in [0.2, 0.25) is 0 Å². The molecule has 3 rings (SSSR count). The summed E-state index contributed by atoms with van der Waals surface area (Å²) in [7, 11) is 0. The minimum Gasteiger partial charge on any atom is -0.312 e. The second-order valence-electron chi connectivity index (χ2n) is 5.75. The van der Waals surface area contributed by atoms with Crippen LogP contribution in [-0.4, -0.2) is 35.1 Å². The van der Waals surface area contributed by atoms with Crippen molar-refractivity contribution in [2.45, 2.75) is 50.7 Å². The monoisotopic (exact) mass is 263 g/mol. The quantitative estimate of drug-likeness (QED) is 0.907. The number of hydrogen-bond acceptors (Lipinski definition) is 3. The minimum absolute atomic E-state index is 0.231. The van der Waals surface area contributed by atoms with Gasteiger partial charge in [-0.2, -0.15) is 0 Å². The zero-order chi connectivity index (χ0) is 13.1. The summed E-state index contributed by atoms with van der Waals surface area (Å²) in [5, 5.41) is 3.62. The summed E-state index contributed by atoms with van der Waals surface area (Å²) in [4.78, 5) is 6.47. The Morgan fingerprint density at radius 3 is 3.00 bits per heavy atom. The highest BCUT2D eigenvalue weighted by molar-refractivity contribution is 5.10. The summed E-state index contributed by atoms with van der Waals surface area (Å²) in [6, 6.07) is 2.85. The lowest BCUT2D eigenvalue weighted by molar-refractivity contribution is 0.112. The molecule has 2 unspecified atom stereocenters. The van der Waals surface area contributed by atoms with Crippen LogP contribution in [0, 0.1) is 5.82 Å². The number of piperidine rings is 1. The molecule has 2 atom stereocenters. The third-order valence-electron chi connectivity index (χ3n) is 4.37. The Morgan fingerprint density at radius 2 is 2.21 bits per heavy atom. The SMILES string of the molecule is Fc1cncc(CN2CCCCC2C2CCCN2)c1. The highest BCUT2D eigenvalue weighted by Gasteiger charge is 2.31. The van der Waals surface area contributed by atoms with Gasteiger partial charge >= 0.3 is 0 Å². The van der Waals surface area contributed by atoms with Crippen molar-refractivity contribution in [3.05, 3.63) is 29.8 Å². The fourth-order valence-corrected chi connectivity index (χ4v) is 3.49. The highest BCUT2D eigenvalue weighted by atomic mass is 19.1. The van der Waals surface area contributed by atoms with Gasteiger partial charge in [-0.1, -0.05) is 6.42 Å². The molecule has 2 saturated heterocycles. The molecule has 0 saturated carbocycles. The lowest BCUT2D eigenvalue weighted by Crippen LogP contribution is -2.49. The average Bonchev–Trinajstić information content (AvgIpc) is 2.93. The zero-order valence-electron chi connectivity index (χ0n) is 11.3. The van der Waals surface area contributed by atoms with Crippen LogP contribution in [0.2, 0.25) is 0 Å². The van der Waals surface area contributed by atoms with Crippen molar-refractivity contribution in [1.82, 2.24) is 15.2 Å². The standard InChI is InChI=1S/C15H22FN3/c16-13-8-12(9-17-10-13)11-19-7-2-1-5-15(19)14-4-3-6-18-14/h8-10,14-15,18H,1-7,11H2. The van der Waals surface area contributed by atoms with E-state index in [4.69, 9.17) is 0 Å². The Labute approximate surface area is 114 Å². The number of rotatable bonds is 3. The molecular weight excluding hydrogens is 241 g/mol. The predicted molar refractivity (Wildman–Crippen MR) is 73.3 cm³/mol. The van der Waals surface area contributed by atoms with Crippen LogP contribution in [0.15, 0.2) is 18.5 Å². The second-order valence-corrected chi connectivity index (χ2v) is 5.75. The van der Waals surface area contributed by atoms with E-state index in [1.165, 1.54) is 38.3 Å². The topological polar surface area (TPSA) is 28.2 Å². The summed E-state index contributed by atoms with van der Waals surface area (Å²) in [5.41, 5.74) is 0.991. The lowest BCUT2D eigenvalue weighted by Gasteiger charge is -2.39. The van der Waals surface area contributed by atoms with Crippen LogP contribution < -0.4 is 5.32 Å². The molecule has 1 aromatic heterocycles.